The Balaban J connectivity index is 0.000000170. The van der Waals surface area contributed by atoms with Crippen LogP contribution in [-0.4, -0.2) is 135 Å². The van der Waals surface area contributed by atoms with Crippen molar-refractivity contribution in [3.63, 3.8) is 0 Å². The molecule has 4 fully saturated rings. The molecule has 2 aliphatic carbocycles. The number of rotatable bonds is 14. The largest absolute Gasteiger partial charge is 0.385 e. The quantitative estimate of drug-likeness (QED) is 0.111. The molecule has 6 aliphatic rings. The smallest absolute Gasteiger partial charge is 0.319 e. The van der Waals surface area contributed by atoms with E-state index in [9.17, 15) is 19.2 Å². The number of urea groups is 2. The highest BCUT2D eigenvalue weighted by molar-refractivity contribution is 6.08. The summed E-state index contributed by atoms with van der Waals surface area (Å²) in [6.45, 7) is 8.54. The van der Waals surface area contributed by atoms with Crippen LogP contribution in [0.3, 0.4) is 0 Å². The number of hydrogen-bond donors (Lipinski definition) is 4. The standard InChI is InChI=1S/C25H31N5O4.C24H30N6O4/c1-25-15-34-13-10-19(25)21-20(30(23(25)31)11-3-12-33-2)14-26-22(29-21)16-4-6-17(7-5-16)27-24(32)28-18-8-9-18;1-24-15-34-13-11-30(24)21-19(29(22(24)31)10-3-12-33-2)14-25-20(28-21)16-4-6-17(7-5-16)26-23(32)27-18-8-9-18/h4-7,14,18-19H,3,8-13,15H2,1-2H3,(H2,27,28,32);4-7,14,18H,3,8-13,15H2,1-2H3,(H2,26,27,32)/t19?,25-;24-/m00/s1. The normalized spacial score (nSPS) is 22.7. The Hall–Kier alpha value is -6.28. The maximum absolute atomic E-state index is 13.5. The van der Waals surface area contributed by atoms with Gasteiger partial charge in [0, 0.05) is 94.2 Å². The van der Waals surface area contributed by atoms with Gasteiger partial charge in [0.15, 0.2) is 17.5 Å². The minimum atomic E-state index is -0.813. The molecule has 2 aromatic heterocycles. The Morgan fingerprint density at radius 1 is 0.691 bits per heavy atom. The first kappa shape index (κ1) is 46.8. The van der Waals surface area contributed by atoms with Gasteiger partial charge in [-0.15, -0.1) is 0 Å². The molecular weight excluding hydrogens is 871 g/mol. The maximum Gasteiger partial charge on any atom is 0.319 e. The van der Waals surface area contributed by atoms with Gasteiger partial charge in [0.1, 0.15) is 11.2 Å². The first-order valence-electron chi connectivity index (χ1n) is 23.6. The molecule has 360 valence electrons. The number of benzene rings is 2. The van der Waals surface area contributed by atoms with E-state index in [-0.39, 0.29) is 29.8 Å². The van der Waals surface area contributed by atoms with Gasteiger partial charge < -0.3 is 54.9 Å². The summed E-state index contributed by atoms with van der Waals surface area (Å²) < 4.78 is 21.8. The third-order valence-corrected chi connectivity index (χ3v) is 13.4. The van der Waals surface area contributed by atoms with E-state index in [2.05, 4.69) is 31.2 Å². The topological polar surface area (TPSA) is 215 Å². The molecule has 2 saturated heterocycles. The zero-order chi connectivity index (χ0) is 47.4. The number of hydrogen-bond acceptors (Lipinski definition) is 13. The first-order chi connectivity index (χ1) is 33.0. The number of carbonyl (C=O) groups is 4. The molecule has 4 aromatic rings. The van der Waals surface area contributed by atoms with Gasteiger partial charge in [-0.3, -0.25) is 9.59 Å². The highest BCUT2D eigenvalue weighted by Crippen LogP contribution is 2.50. The van der Waals surface area contributed by atoms with Crippen LogP contribution in [0.2, 0.25) is 0 Å². The van der Waals surface area contributed by atoms with Crippen molar-refractivity contribution in [3.05, 3.63) is 66.6 Å². The van der Waals surface area contributed by atoms with Gasteiger partial charge in [-0.2, -0.15) is 0 Å². The van der Waals surface area contributed by atoms with E-state index in [1.165, 1.54) is 0 Å². The van der Waals surface area contributed by atoms with Crippen molar-refractivity contribution in [1.82, 2.24) is 30.6 Å². The molecule has 1 unspecified atom stereocenters. The zero-order valence-corrected chi connectivity index (χ0v) is 39.2. The van der Waals surface area contributed by atoms with Crippen LogP contribution in [0, 0.1) is 5.41 Å². The zero-order valence-electron chi connectivity index (χ0n) is 39.2. The summed E-state index contributed by atoms with van der Waals surface area (Å²) in [6.07, 6.45) is 9.86. The maximum atomic E-state index is 13.5. The molecule has 0 spiro atoms. The molecule has 10 rings (SSSR count). The number of amides is 6. The van der Waals surface area contributed by atoms with Gasteiger partial charge in [0.2, 0.25) is 5.91 Å². The van der Waals surface area contributed by atoms with E-state index in [0.717, 1.165) is 66.9 Å². The molecule has 19 heteroatoms. The van der Waals surface area contributed by atoms with Crippen molar-refractivity contribution in [1.29, 1.82) is 0 Å². The number of nitrogens with one attached hydrogen (secondary N) is 4. The van der Waals surface area contributed by atoms with Crippen molar-refractivity contribution < 1.29 is 38.1 Å². The lowest BCUT2D eigenvalue weighted by molar-refractivity contribution is -0.138. The van der Waals surface area contributed by atoms with E-state index < -0.39 is 11.0 Å². The Bertz CT molecular complexity index is 2320. The van der Waals surface area contributed by atoms with Gasteiger partial charge >= 0.3 is 12.1 Å². The van der Waals surface area contributed by atoms with Gasteiger partial charge in [-0.05, 0) is 107 Å². The van der Waals surface area contributed by atoms with E-state index in [0.29, 0.717) is 106 Å². The fourth-order valence-corrected chi connectivity index (χ4v) is 9.27. The second-order valence-corrected chi connectivity index (χ2v) is 18.7. The predicted octanol–water partition coefficient (Wildman–Crippen LogP) is 5.73. The lowest BCUT2D eigenvalue weighted by Gasteiger charge is -2.50. The first-order valence-corrected chi connectivity index (χ1v) is 23.6. The molecular formula is C49H61N11O8. The minimum absolute atomic E-state index is 0.00736. The Morgan fingerprint density at radius 3 is 1.78 bits per heavy atom. The van der Waals surface area contributed by atoms with Crippen LogP contribution < -0.4 is 36.0 Å². The number of fused-ring (bicyclic) bond motifs is 6. The van der Waals surface area contributed by atoms with Crippen LogP contribution in [0.1, 0.15) is 70.4 Å². The summed E-state index contributed by atoms with van der Waals surface area (Å²) in [6, 6.07) is 15.2. The lowest BCUT2D eigenvalue weighted by Crippen LogP contribution is -2.67. The van der Waals surface area contributed by atoms with Crippen LogP contribution in [0.25, 0.3) is 22.8 Å². The van der Waals surface area contributed by atoms with E-state index >= 15 is 0 Å². The second kappa shape index (κ2) is 20.1. The fourth-order valence-electron chi connectivity index (χ4n) is 9.27. The molecule has 6 heterocycles. The Kier molecular flexibility index (Phi) is 13.9. The molecule has 0 radical (unpaired) electrons. The van der Waals surface area contributed by atoms with Crippen LogP contribution in [0.5, 0.6) is 0 Å². The number of morpholine rings is 1. The molecule has 2 aromatic carbocycles. The summed E-state index contributed by atoms with van der Waals surface area (Å²) in [4.78, 5) is 75.6. The molecule has 2 saturated carbocycles. The van der Waals surface area contributed by atoms with Crippen molar-refractivity contribution in [2.24, 2.45) is 5.41 Å². The van der Waals surface area contributed by atoms with Gasteiger partial charge in [-0.25, -0.2) is 29.5 Å². The highest BCUT2D eigenvalue weighted by atomic mass is 16.5. The molecule has 4 aliphatic heterocycles. The summed E-state index contributed by atoms with van der Waals surface area (Å²) in [5.74, 6) is 1.94. The van der Waals surface area contributed by atoms with Crippen LogP contribution in [0.15, 0.2) is 60.9 Å². The predicted molar refractivity (Wildman–Crippen MR) is 256 cm³/mol. The summed E-state index contributed by atoms with van der Waals surface area (Å²) in [5.41, 5.74) is 4.03. The summed E-state index contributed by atoms with van der Waals surface area (Å²) >= 11 is 0. The molecule has 0 bridgehead atoms. The monoisotopic (exact) mass is 931 g/mol. The lowest BCUT2D eigenvalue weighted by atomic mass is 9.69. The molecule has 4 N–H and O–H groups in total. The van der Waals surface area contributed by atoms with Crippen molar-refractivity contribution in [2.45, 2.75) is 82.3 Å². The number of carbonyl (C=O) groups excluding carboxylic acids is 4. The van der Waals surface area contributed by atoms with Crippen molar-refractivity contribution >= 4 is 52.4 Å². The van der Waals surface area contributed by atoms with E-state index in [1.54, 1.807) is 36.4 Å². The molecule has 6 amide bonds. The number of aromatic nitrogens is 4. The summed E-state index contributed by atoms with van der Waals surface area (Å²) in [5, 5.41) is 11.5. The van der Waals surface area contributed by atoms with Gasteiger partial charge in [-0.1, -0.05) is 0 Å². The van der Waals surface area contributed by atoms with Gasteiger partial charge in [0.05, 0.1) is 49.0 Å². The van der Waals surface area contributed by atoms with Crippen LogP contribution in [0.4, 0.5) is 38.2 Å². The second-order valence-electron chi connectivity index (χ2n) is 18.7. The SMILES string of the molecule is COCCCN1C(=O)[C@@]2(C)COCCC2c2nc(-c3ccc(NC(=O)NC4CC4)cc3)ncc21.COCCCN1C(=O)[C@]2(C)COCCN2c2nc(-c3ccc(NC(=O)NC4CC4)cc3)ncc21. The molecule has 19 nitrogen and oxygen atoms in total. The van der Waals surface area contributed by atoms with Crippen molar-refractivity contribution in [2.75, 3.05) is 98.8 Å². The van der Waals surface area contributed by atoms with E-state index in [1.807, 2.05) is 67.3 Å². The van der Waals surface area contributed by atoms with E-state index in [4.69, 9.17) is 28.9 Å². The number of nitrogens with zero attached hydrogens (tertiary/aromatic N) is 7. The van der Waals surface area contributed by atoms with Crippen LogP contribution in [-0.2, 0) is 28.5 Å². The fraction of sp³-hybridized carbons (Fsp3) is 0.510. The van der Waals surface area contributed by atoms with Gasteiger partial charge in [0.25, 0.3) is 5.91 Å². The number of anilines is 5. The summed E-state index contributed by atoms with van der Waals surface area (Å²) in [7, 11) is 3.31. The molecule has 3 atom stereocenters. The average molecular weight is 932 g/mol. The Morgan fingerprint density at radius 2 is 1.22 bits per heavy atom. The third-order valence-electron chi connectivity index (χ3n) is 13.4. The van der Waals surface area contributed by atoms with Crippen LogP contribution >= 0.6 is 0 Å². The average Bonchev–Trinajstić information content (AvgIpc) is 4.30. The number of ether oxygens (including phenoxy) is 4. The minimum Gasteiger partial charge on any atom is -0.385 e. The highest BCUT2D eigenvalue weighted by Gasteiger charge is 2.53. The number of methoxy groups -OCH3 is 2. The third kappa shape index (κ3) is 9.97. The Labute approximate surface area is 396 Å². The van der Waals surface area contributed by atoms with Crippen molar-refractivity contribution in [3.8, 4) is 22.8 Å². The molecule has 68 heavy (non-hydrogen) atoms.